The van der Waals surface area contributed by atoms with E-state index in [1.54, 1.807) is 32.9 Å². The van der Waals surface area contributed by atoms with E-state index in [-0.39, 0.29) is 12.3 Å². The molecule has 3 N–H and O–H groups in total. The van der Waals surface area contributed by atoms with Crippen molar-refractivity contribution in [3.8, 4) is 0 Å². The first kappa shape index (κ1) is 23.6. The molecule has 1 aliphatic heterocycles. The summed E-state index contributed by atoms with van der Waals surface area (Å²) < 4.78 is 19.1. The van der Waals surface area contributed by atoms with Gasteiger partial charge in [0, 0.05) is 24.3 Å². The SMILES string of the molecule is C[C@@H]1CCCN(c2ccc(C(=O)Nc3ccc(F)cc3CC(=O)OC(C)(C)C)cc2N)C1. The van der Waals surface area contributed by atoms with Crippen LogP contribution >= 0.6 is 0 Å². The molecule has 2 aromatic rings. The van der Waals surface area contributed by atoms with Gasteiger partial charge in [-0.2, -0.15) is 0 Å². The molecule has 0 aromatic heterocycles. The van der Waals surface area contributed by atoms with Crippen molar-refractivity contribution < 1.29 is 18.7 Å². The molecular weight excluding hydrogens is 409 g/mol. The first-order valence-electron chi connectivity index (χ1n) is 11.0. The second kappa shape index (κ2) is 9.59. The smallest absolute Gasteiger partial charge is 0.310 e. The van der Waals surface area contributed by atoms with E-state index in [0.717, 1.165) is 25.2 Å². The molecule has 1 amide bonds. The van der Waals surface area contributed by atoms with Crippen molar-refractivity contribution in [3.05, 3.63) is 53.3 Å². The number of rotatable bonds is 5. The molecule has 0 spiro atoms. The van der Waals surface area contributed by atoms with E-state index < -0.39 is 17.4 Å². The predicted octanol–water partition coefficient (Wildman–Crippen LogP) is 4.78. The molecule has 1 saturated heterocycles. The number of anilines is 3. The number of nitrogen functional groups attached to an aromatic ring is 1. The van der Waals surface area contributed by atoms with Crippen LogP contribution in [0.2, 0.25) is 0 Å². The molecule has 1 atom stereocenters. The molecule has 1 heterocycles. The molecule has 7 heteroatoms. The van der Waals surface area contributed by atoms with Gasteiger partial charge in [-0.15, -0.1) is 0 Å². The zero-order valence-electron chi connectivity index (χ0n) is 19.2. The Morgan fingerprint density at radius 3 is 2.62 bits per heavy atom. The Hall–Kier alpha value is -3.09. The van der Waals surface area contributed by atoms with E-state index in [2.05, 4.69) is 17.1 Å². The number of nitrogens with one attached hydrogen (secondary N) is 1. The van der Waals surface area contributed by atoms with Gasteiger partial charge in [-0.05, 0) is 81.5 Å². The lowest BCUT2D eigenvalue weighted by Gasteiger charge is -2.33. The summed E-state index contributed by atoms with van der Waals surface area (Å²) in [7, 11) is 0. The van der Waals surface area contributed by atoms with Crippen molar-refractivity contribution in [2.75, 3.05) is 29.0 Å². The van der Waals surface area contributed by atoms with Crippen LogP contribution in [-0.2, 0) is 16.0 Å². The Morgan fingerprint density at radius 2 is 1.97 bits per heavy atom. The van der Waals surface area contributed by atoms with Crippen molar-refractivity contribution in [1.82, 2.24) is 0 Å². The lowest BCUT2D eigenvalue weighted by Crippen LogP contribution is -2.34. The molecular formula is C25H32FN3O3. The molecule has 1 fully saturated rings. The van der Waals surface area contributed by atoms with Gasteiger partial charge in [0.15, 0.2) is 0 Å². The maximum atomic E-state index is 13.8. The molecule has 0 saturated carbocycles. The van der Waals surface area contributed by atoms with Gasteiger partial charge < -0.3 is 20.7 Å². The fourth-order valence-electron chi connectivity index (χ4n) is 3.95. The number of halogens is 1. The number of hydrogen-bond donors (Lipinski definition) is 2. The summed E-state index contributed by atoms with van der Waals surface area (Å²) in [4.78, 5) is 27.3. The van der Waals surface area contributed by atoms with Crippen molar-refractivity contribution >= 4 is 28.9 Å². The van der Waals surface area contributed by atoms with Crippen LogP contribution in [0.3, 0.4) is 0 Å². The van der Waals surface area contributed by atoms with E-state index in [1.807, 2.05) is 6.07 Å². The summed E-state index contributed by atoms with van der Waals surface area (Å²) in [6.45, 7) is 9.40. The van der Waals surface area contributed by atoms with E-state index in [9.17, 15) is 14.0 Å². The van der Waals surface area contributed by atoms with Gasteiger partial charge in [-0.3, -0.25) is 9.59 Å². The third-order valence-electron chi connectivity index (χ3n) is 5.36. The number of nitrogens with two attached hydrogens (primary N) is 1. The van der Waals surface area contributed by atoms with Gasteiger partial charge >= 0.3 is 5.97 Å². The third kappa shape index (κ3) is 6.22. The number of carbonyl (C=O) groups excluding carboxylic acids is 2. The van der Waals surface area contributed by atoms with Crippen LogP contribution in [0.4, 0.5) is 21.5 Å². The van der Waals surface area contributed by atoms with Crippen molar-refractivity contribution in [1.29, 1.82) is 0 Å². The Morgan fingerprint density at radius 1 is 1.22 bits per heavy atom. The fourth-order valence-corrected chi connectivity index (χ4v) is 3.95. The van der Waals surface area contributed by atoms with Crippen LogP contribution in [-0.4, -0.2) is 30.6 Å². The van der Waals surface area contributed by atoms with Gasteiger partial charge in [-0.25, -0.2) is 4.39 Å². The number of nitrogens with zero attached hydrogens (tertiary/aromatic N) is 1. The molecule has 6 nitrogen and oxygen atoms in total. The highest BCUT2D eigenvalue weighted by atomic mass is 19.1. The molecule has 0 radical (unpaired) electrons. The van der Waals surface area contributed by atoms with Crippen LogP contribution in [0.25, 0.3) is 0 Å². The number of hydrogen-bond acceptors (Lipinski definition) is 5. The summed E-state index contributed by atoms with van der Waals surface area (Å²) in [6.07, 6.45) is 2.17. The van der Waals surface area contributed by atoms with E-state index >= 15 is 0 Å². The zero-order valence-corrected chi connectivity index (χ0v) is 19.2. The molecule has 1 aliphatic rings. The van der Waals surface area contributed by atoms with Crippen LogP contribution in [0, 0.1) is 11.7 Å². The van der Waals surface area contributed by atoms with Gasteiger partial charge in [0.1, 0.15) is 11.4 Å². The normalized spacial score (nSPS) is 16.5. The van der Waals surface area contributed by atoms with Crippen molar-refractivity contribution in [3.63, 3.8) is 0 Å². The summed E-state index contributed by atoms with van der Waals surface area (Å²) >= 11 is 0. The number of benzene rings is 2. The number of carbonyl (C=O) groups is 2. The number of esters is 1. The second-order valence-corrected chi connectivity index (χ2v) is 9.49. The van der Waals surface area contributed by atoms with Gasteiger partial charge in [0.25, 0.3) is 5.91 Å². The monoisotopic (exact) mass is 441 g/mol. The van der Waals surface area contributed by atoms with Gasteiger partial charge in [0.2, 0.25) is 0 Å². The summed E-state index contributed by atoms with van der Waals surface area (Å²) in [6, 6.07) is 9.17. The Kier molecular flexibility index (Phi) is 7.06. The van der Waals surface area contributed by atoms with Crippen molar-refractivity contribution in [2.45, 2.75) is 52.6 Å². The molecule has 0 aliphatic carbocycles. The van der Waals surface area contributed by atoms with E-state index in [0.29, 0.717) is 28.4 Å². The van der Waals surface area contributed by atoms with Crippen molar-refractivity contribution in [2.24, 2.45) is 5.92 Å². The highest BCUT2D eigenvalue weighted by Crippen LogP contribution is 2.29. The fraction of sp³-hybridized carbons (Fsp3) is 0.440. The predicted molar refractivity (Wildman–Crippen MR) is 125 cm³/mol. The van der Waals surface area contributed by atoms with Crippen LogP contribution in [0.15, 0.2) is 36.4 Å². The highest BCUT2D eigenvalue weighted by Gasteiger charge is 2.21. The number of piperidine rings is 1. The highest BCUT2D eigenvalue weighted by molar-refractivity contribution is 6.06. The standard InChI is InChI=1S/C25H32FN3O3/c1-16-6-5-11-29(15-16)22-10-7-17(13-20(22)27)24(31)28-21-9-8-19(26)12-18(21)14-23(30)32-25(2,3)4/h7-10,12-13,16H,5-6,11,14-15,27H2,1-4H3,(H,28,31)/t16-/m1/s1. The molecule has 172 valence electrons. The molecule has 0 unspecified atom stereocenters. The topological polar surface area (TPSA) is 84.7 Å². The lowest BCUT2D eigenvalue weighted by atomic mass is 9.99. The number of ether oxygens (including phenoxy) is 1. The van der Waals surface area contributed by atoms with E-state index in [1.165, 1.54) is 24.6 Å². The minimum absolute atomic E-state index is 0.154. The summed E-state index contributed by atoms with van der Waals surface area (Å²) in [5.74, 6) is -0.769. The third-order valence-corrected chi connectivity index (χ3v) is 5.36. The Bertz CT molecular complexity index is 1000. The summed E-state index contributed by atoms with van der Waals surface area (Å²) in [5.41, 5.74) is 8.19. The van der Waals surface area contributed by atoms with Crippen LogP contribution < -0.4 is 16.0 Å². The largest absolute Gasteiger partial charge is 0.460 e. The molecule has 32 heavy (non-hydrogen) atoms. The molecule has 3 rings (SSSR count). The zero-order chi connectivity index (χ0) is 23.5. The maximum Gasteiger partial charge on any atom is 0.310 e. The molecule has 0 bridgehead atoms. The minimum Gasteiger partial charge on any atom is -0.460 e. The first-order chi connectivity index (χ1) is 15.0. The average molecular weight is 442 g/mol. The second-order valence-electron chi connectivity index (χ2n) is 9.49. The quantitative estimate of drug-likeness (QED) is 0.515. The Labute approximate surface area is 188 Å². The Balaban J connectivity index is 1.75. The summed E-state index contributed by atoms with van der Waals surface area (Å²) in [5, 5.41) is 2.77. The van der Waals surface area contributed by atoms with Crippen LogP contribution in [0.5, 0.6) is 0 Å². The van der Waals surface area contributed by atoms with E-state index in [4.69, 9.17) is 10.5 Å². The van der Waals surface area contributed by atoms with Gasteiger partial charge in [-0.1, -0.05) is 6.92 Å². The lowest BCUT2D eigenvalue weighted by molar-refractivity contribution is -0.153. The van der Waals surface area contributed by atoms with Crippen LogP contribution in [0.1, 0.15) is 56.5 Å². The molecule has 2 aromatic carbocycles. The van der Waals surface area contributed by atoms with Gasteiger partial charge in [0.05, 0.1) is 17.8 Å². The first-order valence-corrected chi connectivity index (χ1v) is 11.0. The average Bonchev–Trinajstić information content (AvgIpc) is 2.68. The minimum atomic E-state index is -0.654. The maximum absolute atomic E-state index is 13.8. The number of amides is 1.